The zero-order chi connectivity index (χ0) is 15.1. The van der Waals surface area contributed by atoms with E-state index in [1.807, 2.05) is 0 Å². The summed E-state index contributed by atoms with van der Waals surface area (Å²) in [6.45, 7) is 0.845. The van der Waals surface area contributed by atoms with Gasteiger partial charge in [-0.3, -0.25) is 4.79 Å². The van der Waals surface area contributed by atoms with Crippen molar-refractivity contribution in [1.82, 2.24) is 0 Å². The summed E-state index contributed by atoms with van der Waals surface area (Å²) in [7, 11) is 0. The third kappa shape index (κ3) is 5.50. The normalized spacial score (nSPS) is 22.1. The Balaban J connectivity index is 1.76. The van der Waals surface area contributed by atoms with Crippen LogP contribution in [0.4, 0.5) is 0 Å². The molecule has 0 unspecified atom stereocenters. The summed E-state index contributed by atoms with van der Waals surface area (Å²) in [5.41, 5.74) is 8.39. The molecule has 1 aromatic rings. The van der Waals surface area contributed by atoms with Gasteiger partial charge in [0.15, 0.2) is 0 Å². The lowest BCUT2D eigenvalue weighted by Gasteiger charge is -2.27. The predicted octanol–water partition coefficient (Wildman–Crippen LogP) is 3.40. The maximum absolute atomic E-state index is 10.5. The van der Waals surface area contributed by atoms with Crippen LogP contribution in [0.15, 0.2) is 24.3 Å². The SMILES string of the molecule is NCC1CCC(Cc2ccc(CCCC(=O)O)cc2)CC1. The molecule has 0 atom stereocenters. The van der Waals surface area contributed by atoms with Gasteiger partial charge < -0.3 is 10.8 Å². The average Bonchev–Trinajstić information content (AvgIpc) is 2.49. The minimum absolute atomic E-state index is 0.256. The zero-order valence-corrected chi connectivity index (χ0v) is 12.8. The number of aliphatic carboxylic acids is 1. The molecule has 1 fully saturated rings. The van der Waals surface area contributed by atoms with Crippen LogP contribution >= 0.6 is 0 Å². The maximum atomic E-state index is 10.5. The summed E-state index contributed by atoms with van der Waals surface area (Å²) in [6, 6.07) is 8.74. The quantitative estimate of drug-likeness (QED) is 0.808. The van der Waals surface area contributed by atoms with Gasteiger partial charge in [-0.1, -0.05) is 24.3 Å². The first-order valence-corrected chi connectivity index (χ1v) is 8.17. The maximum Gasteiger partial charge on any atom is 0.303 e. The van der Waals surface area contributed by atoms with E-state index in [4.69, 9.17) is 10.8 Å². The van der Waals surface area contributed by atoms with Crippen LogP contribution in [0.1, 0.15) is 49.7 Å². The molecule has 3 N–H and O–H groups in total. The molecule has 116 valence electrons. The van der Waals surface area contributed by atoms with Crippen LogP contribution in [-0.4, -0.2) is 17.6 Å². The van der Waals surface area contributed by atoms with Crippen molar-refractivity contribution < 1.29 is 9.90 Å². The fourth-order valence-electron chi connectivity index (χ4n) is 3.29. The van der Waals surface area contributed by atoms with Gasteiger partial charge in [0, 0.05) is 6.42 Å². The summed E-state index contributed by atoms with van der Waals surface area (Å²) in [6.07, 6.45) is 8.19. The lowest BCUT2D eigenvalue weighted by Crippen LogP contribution is -2.22. The van der Waals surface area contributed by atoms with E-state index in [9.17, 15) is 4.79 Å². The van der Waals surface area contributed by atoms with E-state index in [-0.39, 0.29) is 6.42 Å². The Labute approximate surface area is 127 Å². The molecule has 21 heavy (non-hydrogen) atoms. The molecule has 0 bridgehead atoms. The first-order chi connectivity index (χ1) is 10.2. The summed E-state index contributed by atoms with van der Waals surface area (Å²) in [4.78, 5) is 10.5. The highest BCUT2D eigenvalue weighted by molar-refractivity contribution is 5.66. The first kappa shape index (κ1) is 16.0. The van der Waals surface area contributed by atoms with Crippen molar-refractivity contribution >= 4 is 5.97 Å². The molecular weight excluding hydrogens is 262 g/mol. The van der Waals surface area contributed by atoms with Crippen LogP contribution in [-0.2, 0) is 17.6 Å². The smallest absolute Gasteiger partial charge is 0.303 e. The molecule has 0 aromatic heterocycles. The number of carbonyl (C=O) groups is 1. The Kier molecular flexibility index (Phi) is 6.24. The topological polar surface area (TPSA) is 63.3 Å². The van der Waals surface area contributed by atoms with E-state index in [2.05, 4.69) is 24.3 Å². The van der Waals surface area contributed by atoms with Crippen molar-refractivity contribution in [3.8, 4) is 0 Å². The van der Waals surface area contributed by atoms with Gasteiger partial charge in [-0.25, -0.2) is 0 Å². The van der Waals surface area contributed by atoms with E-state index in [1.165, 1.54) is 43.2 Å². The summed E-state index contributed by atoms with van der Waals surface area (Å²) in [5, 5.41) is 8.65. The Morgan fingerprint density at radius 2 is 1.62 bits per heavy atom. The Bertz CT molecular complexity index is 433. The highest BCUT2D eigenvalue weighted by atomic mass is 16.4. The van der Waals surface area contributed by atoms with Gasteiger partial charge in [0.25, 0.3) is 0 Å². The highest BCUT2D eigenvalue weighted by Gasteiger charge is 2.20. The Morgan fingerprint density at radius 3 is 2.19 bits per heavy atom. The van der Waals surface area contributed by atoms with E-state index in [0.29, 0.717) is 0 Å². The number of nitrogens with two attached hydrogens (primary N) is 1. The molecule has 1 saturated carbocycles. The minimum Gasteiger partial charge on any atom is -0.481 e. The molecule has 0 amide bonds. The van der Waals surface area contributed by atoms with Gasteiger partial charge in [0.1, 0.15) is 0 Å². The Morgan fingerprint density at radius 1 is 1.05 bits per heavy atom. The molecule has 1 aliphatic carbocycles. The number of carboxylic acid groups (broad SMARTS) is 1. The van der Waals surface area contributed by atoms with E-state index in [1.54, 1.807) is 0 Å². The van der Waals surface area contributed by atoms with Crippen LogP contribution in [0.2, 0.25) is 0 Å². The number of hydrogen-bond donors (Lipinski definition) is 2. The molecule has 0 heterocycles. The van der Waals surface area contributed by atoms with Crippen LogP contribution in [0.5, 0.6) is 0 Å². The van der Waals surface area contributed by atoms with E-state index in [0.717, 1.165) is 31.2 Å². The molecule has 0 aliphatic heterocycles. The molecule has 2 rings (SSSR count). The minimum atomic E-state index is -0.709. The molecule has 0 radical (unpaired) electrons. The van der Waals surface area contributed by atoms with Crippen molar-refractivity contribution in [2.75, 3.05) is 6.54 Å². The monoisotopic (exact) mass is 289 g/mol. The van der Waals surface area contributed by atoms with Crippen molar-refractivity contribution in [3.05, 3.63) is 35.4 Å². The van der Waals surface area contributed by atoms with Gasteiger partial charge in [0.2, 0.25) is 0 Å². The van der Waals surface area contributed by atoms with Gasteiger partial charge in [-0.15, -0.1) is 0 Å². The van der Waals surface area contributed by atoms with E-state index < -0.39 is 5.97 Å². The number of aryl methyl sites for hydroxylation is 1. The molecule has 0 spiro atoms. The van der Waals surface area contributed by atoms with Crippen LogP contribution in [0, 0.1) is 11.8 Å². The summed E-state index contributed by atoms with van der Waals surface area (Å²) in [5.74, 6) is 0.850. The third-order valence-corrected chi connectivity index (χ3v) is 4.70. The summed E-state index contributed by atoms with van der Waals surface area (Å²) < 4.78 is 0. The van der Waals surface area contributed by atoms with Gasteiger partial charge >= 0.3 is 5.97 Å². The standard InChI is InChI=1S/C18H27NO2/c19-13-17-10-8-16(9-11-17)12-15-6-4-14(5-7-15)2-1-3-18(20)21/h4-7,16-17H,1-3,8-13,19H2,(H,20,21). The number of carboxylic acids is 1. The van der Waals surface area contributed by atoms with E-state index >= 15 is 0 Å². The van der Waals surface area contributed by atoms with Crippen LogP contribution in [0.3, 0.4) is 0 Å². The number of rotatable bonds is 7. The fraction of sp³-hybridized carbons (Fsp3) is 0.611. The second-order valence-corrected chi connectivity index (χ2v) is 6.39. The number of hydrogen-bond acceptors (Lipinski definition) is 2. The molecule has 1 aromatic carbocycles. The molecular formula is C18H27NO2. The summed E-state index contributed by atoms with van der Waals surface area (Å²) >= 11 is 0. The first-order valence-electron chi connectivity index (χ1n) is 8.17. The second kappa shape index (κ2) is 8.18. The van der Waals surface area contributed by atoms with Gasteiger partial charge in [-0.2, -0.15) is 0 Å². The lowest BCUT2D eigenvalue weighted by molar-refractivity contribution is -0.137. The predicted molar refractivity (Wildman–Crippen MR) is 85.2 cm³/mol. The fourth-order valence-corrected chi connectivity index (χ4v) is 3.29. The van der Waals surface area contributed by atoms with Gasteiger partial charge in [-0.05, 0) is 74.5 Å². The van der Waals surface area contributed by atoms with Crippen molar-refractivity contribution in [1.29, 1.82) is 0 Å². The molecule has 3 nitrogen and oxygen atoms in total. The average molecular weight is 289 g/mol. The molecule has 0 saturated heterocycles. The molecule has 1 aliphatic rings. The van der Waals surface area contributed by atoms with Crippen molar-refractivity contribution in [2.45, 2.75) is 51.4 Å². The third-order valence-electron chi connectivity index (χ3n) is 4.70. The van der Waals surface area contributed by atoms with Crippen LogP contribution < -0.4 is 5.73 Å². The largest absolute Gasteiger partial charge is 0.481 e. The lowest BCUT2D eigenvalue weighted by atomic mass is 9.79. The van der Waals surface area contributed by atoms with Crippen molar-refractivity contribution in [2.24, 2.45) is 17.6 Å². The number of benzene rings is 1. The van der Waals surface area contributed by atoms with Crippen molar-refractivity contribution in [3.63, 3.8) is 0 Å². The molecule has 3 heteroatoms. The second-order valence-electron chi connectivity index (χ2n) is 6.39. The zero-order valence-electron chi connectivity index (χ0n) is 12.8. The van der Waals surface area contributed by atoms with Crippen LogP contribution in [0.25, 0.3) is 0 Å². The Hall–Kier alpha value is -1.35. The highest BCUT2D eigenvalue weighted by Crippen LogP contribution is 2.30. The van der Waals surface area contributed by atoms with Gasteiger partial charge in [0.05, 0.1) is 0 Å².